The first-order chi connectivity index (χ1) is 9.13. The summed E-state index contributed by atoms with van der Waals surface area (Å²) < 4.78 is 10.6. The highest BCUT2D eigenvalue weighted by Gasteiger charge is 2.23. The average molecular weight is 276 g/mol. The number of benzene rings is 1. The third kappa shape index (κ3) is 2.31. The number of ether oxygens (including phenoxy) is 2. The summed E-state index contributed by atoms with van der Waals surface area (Å²) in [6.07, 6.45) is 1.81. The Morgan fingerprint density at radius 1 is 1.32 bits per heavy atom. The van der Waals surface area contributed by atoms with Crippen molar-refractivity contribution in [3.8, 4) is 11.5 Å². The maximum atomic E-state index is 11.8. The van der Waals surface area contributed by atoms with Crippen LogP contribution in [0.25, 0.3) is 6.08 Å². The van der Waals surface area contributed by atoms with Gasteiger partial charge in [0, 0.05) is 14.1 Å². The van der Waals surface area contributed by atoms with E-state index < -0.39 is 0 Å². The van der Waals surface area contributed by atoms with Gasteiger partial charge in [0.15, 0.2) is 16.7 Å². The van der Waals surface area contributed by atoms with Crippen molar-refractivity contribution < 1.29 is 14.3 Å². The van der Waals surface area contributed by atoms with Gasteiger partial charge in [-0.3, -0.25) is 4.79 Å². The molecule has 2 aliphatic rings. The van der Waals surface area contributed by atoms with E-state index in [2.05, 4.69) is 4.99 Å². The third-order valence-electron chi connectivity index (χ3n) is 2.69. The van der Waals surface area contributed by atoms with Crippen LogP contribution in [0.3, 0.4) is 0 Å². The molecule has 0 bridgehead atoms. The molecule has 0 atom stereocenters. The first-order valence-corrected chi connectivity index (χ1v) is 6.55. The number of carbonyl (C=O) groups is 1. The van der Waals surface area contributed by atoms with E-state index in [1.165, 1.54) is 11.8 Å². The van der Waals surface area contributed by atoms with Gasteiger partial charge in [0.25, 0.3) is 5.91 Å². The van der Waals surface area contributed by atoms with E-state index in [-0.39, 0.29) is 12.7 Å². The lowest BCUT2D eigenvalue weighted by Crippen LogP contribution is -2.16. The highest BCUT2D eigenvalue weighted by molar-refractivity contribution is 8.18. The number of carbonyl (C=O) groups excluding carboxylic acids is 1. The van der Waals surface area contributed by atoms with Crippen LogP contribution in [0.4, 0.5) is 0 Å². The first-order valence-electron chi connectivity index (χ1n) is 5.73. The van der Waals surface area contributed by atoms with Gasteiger partial charge in [0.2, 0.25) is 6.79 Å². The first kappa shape index (κ1) is 12.1. The quantitative estimate of drug-likeness (QED) is 0.734. The Bertz CT molecular complexity index is 608. The molecule has 0 fully saturated rings. The molecule has 1 aromatic carbocycles. The fourth-order valence-corrected chi connectivity index (χ4v) is 2.58. The van der Waals surface area contributed by atoms with Crippen LogP contribution in [0.5, 0.6) is 11.5 Å². The second kappa shape index (κ2) is 4.62. The Balaban J connectivity index is 1.85. The molecular weight excluding hydrogens is 264 g/mol. The predicted molar refractivity (Wildman–Crippen MR) is 74.3 cm³/mol. The predicted octanol–water partition coefficient (Wildman–Crippen LogP) is 1.95. The van der Waals surface area contributed by atoms with E-state index in [1.54, 1.807) is 0 Å². The van der Waals surface area contributed by atoms with Crippen molar-refractivity contribution in [2.45, 2.75) is 0 Å². The van der Waals surface area contributed by atoms with E-state index in [0.29, 0.717) is 15.8 Å². The average Bonchev–Trinajstić information content (AvgIpc) is 2.96. The Morgan fingerprint density at radius 2 is 2.11 bits per heavy atom. The molecular formula is C13H12N2O3S. The lowest BCUT2D eigenvalue weighted by atomic mass is 10.2. The van der Waals surface area contributed by atoms with Crippen LogP contribution in [-0.4, -0.2) is 36.9 Å². The van der Waals surface area contributed by atoms with E-state index in [0.717, 1.165) is 11.3 Å². The summed E-state index contributed by atoms with van der Waals surface area (Å²) >= 11 is 1.37. The SMILES string of the molecule is CN(C)C1=NC(=O)/C(=C\c2ccc3c(c2)OCO3)S1. The maximum Gasteiger partial charge on any atom is 0.286 e. The van der Waals surface area contributed by atoms with Crippen LogP contribution in [0.2, 0.25) is 0 Å². The third-order valence-corrected chi connectivity index (χ3v) is 3.84. The van der Waals surface area contributed by atoms with Crippen LogP contribution in [0.1, 0.15) is 5.56 Å². The molecule has 0 aromatic heterocycles. The molecule has 0 spiro atoms. The topological polar surface area (TPSA) is 51.1 Å². The summed E-state index contributed by atoms with van der Waals surface area (Å²) in [5.41, 5.74) is 0.898. The van der Waals surface area contributed by atoms with E-state index in [4.69, 9.17) is 9.47 Å². The largest absolute Gasteiger partial charge is 0.454 e. The number of amidine groups is 1. The van der Waals surface area contributed by atoms with E-state index >= 15 is 0 Å². The Hall–Kier alpha value is -1.95. The molecule has 0 saturated carbocycles. The summed E-state index contributed by atoms with van der Waals surface area (Å²) in [6.45, 7) is 0.247. The smallest absolute Gasteiger partial charge is 0.286 e. The zero-order valence-electron chi connectivity index (χ0n) is 10.5. The van der Waals surface area contributed by atoms with Gasteiger partial charge in [-0.25, -0.2) is 0 Å². The fraction of sp³-hybridized carbons (Fsp3) is 0.231. The summed E-state index contributed by atoms with van der Waals surface area (Å²) in [6, 6.07) is 5.59. The van der Waals surface area contributed by atoms with Crippen molar-refractivity contribution in [1.29, 1.82) is 0 Å². The van der Waals surface area contributed by atoms with Crippen molar-refractivity contribution in [3.63, 3.8) is 0 Å². The molecule has 0 aliphatic carbocycles. The van der Waals surface area contributed by atoms with Crippen molar-refractivity contribution in [1.82, 2.24) is 4.90 Å². The number of fused-ring (bicyclic) bond motifs is 1. The van der Waals surface area contributed by atoms with Crippen LogP contribution >= 0.6 is 11.8 Å². The molecule has 1 aromatic rings. The fourth-order valence-electron chi connectivity index (χ4n) is 1.74. The monoisotopic (exact) mass is 276 g/mol. The van der Waals surface area contributed by atoms with Gasteiger partial charge in [-0.1, -0.05) is 6.07 Å². The lowest BCUT2D eigenvalue weighted by Gasteiger charge is -2.08. The van der Waals surface area contributed by atoms with Gasteiger partial charge in [0.1, 0.15) is 0 Å². The highest BCUT2D eigenvalue weighted by Crippen LogP contribution is 2.35. The van der Waals surface area contributed by atoms with E-state index in [9.17, 15) is 4.79 Å². The van der Waals surface area contributed by atoms with Gasteiger partial charge >= 0.3 is 0 Å². The molecule has 1 amide bonds. The summed E-state index contributed by atoms with van der Waals surface area (Å²) in [4.78, 5) is 18.2. The highest BCUT2D eigenvalue weighted by atomic mass is 32.2. The second-order valence-electron chi connectivity index (χ2n) is 4.32. The van der Waals surface area contributed by atoms with Crippen molar-refractivity contribution >= 4 is 28.9 Å². The van der Waals surface area contributed by atoms with Gasteiger partial charge in [0.05, 0.1) is 4.91 Å². The number of thioether (sulfide) groups is 1. The minimum absolute atomic E-state index is 0.202. The summed E-state index contributed by atoms with van der Waals surface area (Å²) in [5, 5.41) is 0.706. The van der Waals surface area contributed by atoms with Gasteiger partial charge < -0.3 is 14.4 Å². The number of nitrogens with zero attached hydrogens (tertiary/aromatic N) is 2. The molecule has 2 aliphatic heterocycles. The van der Waals surface area contributed by atoms with Gasteiger partial charge in [-0.15, -0.1) is 0 Å². The normalized spacial score (nSPS) is 18.9. The number of hydrogen-bond donors (Lipinski definition) is 0. The molecule has 0 radical (unpaired) electrons. The second-order valence-corrected chi connectivity index (χ2v) is 5.33. The standard InChI is InChI=1S/C13H12N2O3S/c1-15(2)13-14-12(16)11(19-13)6-8-3-4-9-10(5-8)18-7-17-9/h3-6H,7H2,1-2H3/b11-6+. The maximum absolute atomic E-state index is 11.8. The summed E-state index contributed by atoms with van der Waals surface area (Å²) in [5.74, 6) is 1.24. The van der Waals surface area contributed by atoms with Crippen LogP contribution in [0.15, 0.2) is 28.1 Å². The Morgan fingerprint density at radius 3 is 2.84 bits per heavy atom. The Labute approximate surface area is 114 Å². The minimum atomic E-state index is -0.202. The van der Waals surface area contributed by atoms with Gasteiger partial charge in [-0.05, 0) is 35.5 Å². The van der Waals surface area contributed by atoms with Crippen molar-refractivity contribution in [3.05, 3.63) is 28.7 Å². The van der Waals surface area contributed by atoms with Crippen LogP contribution < -0.4 is 9.47 Å². The number of amides is 1. The molecule has 3 rings (SSSR count). The molecule has 2 heterocycles. The molecule has 0 saturated heterocycles. The number of aliphatic imine (C=N–C) groups is 1. The van der Waals surface area contributed by atoms with E-state index in [1.807, 2.05) is 43.3 Å². The summed E-state index contributed by atoms with van der Waals surface area (Å²) in [7, 11) is 3.73. The molecule has 6 heteroatoms. The molecule has 98 valence electrons. The number of hydrogen-bond acceptors (Lipinski definition) is 5. The van der Waals surface area contributed by atoms with Crippen LogP contribution in [-0.2, 0) is 4.79 Å². The van der Waals surface area contributed by atoms with Gasteiger partial charge in [-0.2, -0.15) is 4.99 Å². The minimum Gasteiger partial charge on any atom is -0.454 e. The zero-order chi connectivity index (χ0) is 13.4. The number of rotatable bonds is 1. The zero-order valence-corrected chi connectivity index (χ0v) is 11.4. The van der Waals surface area contributed by atoms with Crippen LogP contribution in [0, 0.1) is 0 Å². The lowest BCUT2D eigenvalue weighted by molar-refractivity contribution is -0.113. The van der Waals surface area contributed by atoms with Crippen molar-refractivity contribution in [2.24, 2.45) is 4.99 Å². The Kier molecular flexibility index (Phi) is 2.94. The van der Waals surface area contributed by atoms with Crippen molar-refractivity contribution in [2.75, 3.05) is 20.9 Å². The molecule has 0 unspecified atom stereocenters. The molecule has 5 nitrogen and oxygen atoms in total. The molecule has 0 N–H and O–H groups in total. The molecule has 19 heavy (non-hydrogen) atoms.